The van der Waals surface area contributed by atoms with Gasteiger partial charge >= 0.3 is 0 Å². The maximum atomic E-state index is 4.50. The largest absolute Gasteiger partial charge is 0.350 e. The summed E-state index contributed by atoms with van der Waals surface area (Å²) in [6.07, 6.45) is 9.14. The maximum absolute atomic E-state index is 4.50. The lowest BCUT2D eigenvalue weighted by Crippen LogP contribution is -2.27. The molecule has 1 N–H and O–H groups in total. The van der Waals surface area contributed by atoms with Gasteiger partial charge in [0.2, 0.25) is 5.95 Å². The van der Waals surface area contributed by atoms with Gasteiger partial charge in [-0.2, -0.15) is 16.7 Å². The summed E-state index contributed by atoms with van der Waals surface area (Å²) >= 11 is 5.43. The average molecular weight is 341 g/mol. The van der Waals surface area contributed by atoms with E-state index in [9.17, 15) is 0 Å². The van der Waals surface area contributed by atoms with Crippen molar-refractivity contribution >= 4 is 39.3 Å². The zero-order valence-corrected chi connectivity index (χ0v) is 13.2. The summed E-state index contributed by atoms with van der Waals surface area (Å²) in [4.78, 5) is 4.50. The molecule has 0 bridgehead atoms. The highest BCUT2D eigenvalue weighted by Crippen LogP contribution is 2.28. The second-order valence-electron chi connectivity index (χ2n) is 4.94. The minimum absolute atomic E-state index is 0.518. The van der Waals surface area contributed by atoms with Crippen LogP contribution in [0.4, 0.5) is 5.95 Å². The maximum Gasteiger partial charge on any atom is 0.243 e. The van der Waals surface area contributed by atoms with Gasteiger partial charge in [-0.15, -0.1) is 5.10 Å². The van der Waals surface area contributed by atoms with Crippen LogP contribution in [0.2, 0.25) is 0 Å². The van der Waals surface area contributed by atoms with Crippen LogP contribution in [0.5, 0.6) is 0 Å². The molecule has 1 aliphatic rings. The molecule has 0 aromatic carbocycles. The molecule has 0 amide bonds. The Balaban J connectivity index is 1.68. The Morgan fingerprint density at radius 2 is 2.11 bits per heavy atom. The third kappa shape index (κ3) is 3.05. The van der Waals surface area contributed by atoms with Gasteiger partial charge in [0.25, 0.3) is 0 Å². The molecule has 1 fully saturated rings. The lowest BCUT2D eigenvalue weighted by Gasteiger charge is -2.27. The number of aromatic nitrogens is 3. The molecule has 2 aromatic rings. The van der Waals surface area contributed by atoms with Crippen molar-refractivity contribution in [3.8, 4) is 0 Å². The van der Waals surface area contributed by atoms with Gasteiger partial charge in [0.15, 0.2) is 5.65 Å². The average Bonchev–Trinajstić information content (AvgIpc) is 2.81. The van der Waals surface area contributed by atoms with Crippen LogP contribution in [0.1, 0.15) is 25.7 Å². The topological polar surface area (TPSA) is 42.2 Å². The van der Waals surface area contributed by atoms with E-state index in [4.69, 9.17) is 0 Å². The van der Waals surface area contributed by atoms with Crippen LogP contribution in [-0.2, 0) is 0 Å². The van der Waals surface area contributed by atoms with E-state index < -0.39 is 0 Å². The van der Waals surface area contributed by atoms with Gasteiger partial charge in [-0.05, 0) is 60.0 Å². The first-order valence-corrected chi connectivity index (χ1v) is 8.64. The second kappa shape index (κ2) is 5.71. The molecule has 0 radical (unpaired) electrons. The Hall–Kier alpha value is -0.750. The number of anilines is 1. The van der Waals surface area contributed by atoms with E-state index >= 15 is 0 Å². The first-order chi connectivity index (χ1) is 9.24. The highest BCUT2D eigenvalue weighted by atomic mass is 79.9. The summed E-state index contributed by atoms with van der Waals surface area (Å²) < 4.78 is 2.82. The lowest BCUT2D eigenvalue weighted by atomic mass is 9.95. The zero-order chi connectivity index (χ0) is 13.2. The summed E-state index contributed by atoms with van der Waals surface area (Å²) in [5, 5.41) is 8.77. The predicted octanol–water partition coefficient (Wildman–Crippen LogP) is 3.58. The van der Waals surface area contributed by atoms with Crippen LogP contribution in [0.15, 0.2) is 22.8 Å². The molecule has 2 heterocycles. The number of halogens is 1. The number of fused-ring (bicyclic) bond motifs is 1. The monoisotopic (exact) mass is 340 g/mol. The van der Waals surface area contributed by atoms with E-state index in [0.29, 0.717) is 6.04 Å². The van der Waals surface area contributed by atoms with E-state index in [0.717, 1.165) is 21.3 Å². The van der Waals surface area contributed by atoms with E-state index in [2.05, 4.69) is 37.6 Å². The molecule has 1 saturated carbocycles. The highest BCUT2D eigenvalue weighted by Gasteiger charge is 2.21. The van der Waals surface area contributed by atoms with Gasteiger partial charge in [0.1, 0.15) is 0 Å². The number of nitrogens with one attached hydrogen (secondary N) is 1. The number of pyridine rings is 1. The number of rotatable bonds is 3. The molecule has 0 aliphatic heterocycles. The quantitative estimate of drug-likeness (QED) is 0.927. The molecule has 0 saturated heterocycles. The van der Waals surface area contributed by atoms with E-state index in [1.165, 1.54) is 25.7 Å². The summed E-state index contributed by atoms with van der Waals surface area (Å²) in [7, 11) is 0. The van der Waals surface area contributed by atoms with Crippen LogP contribution in [0, 0.1) is 0 Å². The van der Waals surface area contributed by atoms with E-state index in [1.807, 2.05) is 30.1 Å². The van der Waals surface area contributed by atoms with Crippen LogP contribution in [0.3, 0.4) is 0 Å². The lowest BCUT2D eigenvalue weighted by molar-refractivity contribution is 0.471. The molecule has 19 heavy (non-hydrogen) atoms. The Morgan fingerprint density at radius 3 is 2.84 bits per heavy atom. The van der Waals surface area contributed by atoms with E-state index in [-0.39, 0.29) is 0 Å². The highest BCUT2D eigenvalue weighted by molar-refractivity contribution is 9.10. The van der Waals surface area contributed by atoms with Crippen molar-refractivity contribution in [1.29, 1.82) is 0 Å². The predicted molar refractivity (Wildman–Crippen MR) is 83.9 cm³/mol. The molecule has 0 unspecified atom stereocenters. The first kappa shape index (κ1) is 13.2. The van der Waals surface area contributed by atoms with Gasteiger partial charge in [-0.25, -0.2) is 4.52 Å². The summed E-state index contributed by atoms with van der Waals surface area (Å²) in [5.41, 5.74) is 0.878. The molecule has 0 spiro atoms. The molecule has 0 atom stereocenters. The Labute approximate surface area is 125 Å². The molecule has 2 aromatic heterocycles. The standard InChI is InChI=1S/C13H17BrN4S/c1-19-11-5-3-10(4-6-11)15-13-16-12-7-2-9(14)8-18(12)17-13/h2,7-8,10-11H,3-6H2,1H3,(H,15,17). The van der Waals surface area contributed by atoms with Crippen molar-refractivity contribution in [3.63, 3.8) is 0 Å². The van der Waals surface area contributed by atoms with Crippen molar-refractivity contribution in [3.05, 3.63) is 22.8 Å². The zero-order valence-electron chi connectivity index (χ0n) is 10.8. The molecular formula is C13H17BrN4S. The van der Waals surface area contributed by atoms with E-state index in [1.54, 1.807) is 4.52 Å². The van der Waals surface area contributed by atoms with Crippen molar-refractivity contribution in [2.45, 2.75) is 37.0 Å². The van der Waals surface area contributed by atoms with Crippen molar-refractivity contribution in [2.75, 3.05) is 11.6 Å². The van der Waals surface area contributed by atoms with Crippen molar-refractivity contribution in [2.24, 2.45) is 0 Å². The van der Waals surface area contributed by atoms with Gasteiger partial charge in [-0.3, -0.25) is 0 Å². The Kier molecular flexibility index (Phi) is 3.98. The minimum Gasteiger partial charge on any atom is -0.350 e. The molecule has 1 aliphatic carbocycles. The number of thioether (sulfide) groups is 1. The fourth-order valence-corrected chi connectivity index (χ4v) is 3.61. The van der Waals surface area contributed by atoms with Crippen LogP contribution in [0.25, 0.3) is 5.65 Å². The van der Waals surface area contributed by atoms with Crippen molar-refractivity contribution in [1.82, 2.24) is 14.6 Å². The third-order valence-electron chi connectivity index (χ3n) is 3.64. The van der Waals surface area contributed by atoms with Gasteiger partial charge in [0.05, 0.1) is 0 Å². The van der Waals surface area contributed by atoms with Crippen molar-refractivity contribution < 1.29 is 0 Å². The van der Waals surface area contributed by atoms with Crippen LogP contribution in [-0.4, -0.2) is 32.1 Å². The van der Waals surface area contributed by atoms with Gasteiger partial charge in [-0.1, -0.05) is 0 Å². The summed E-state index contributed by atoms with van der Waals surface area (Å²) in [6.45, 7) is 0. The number of hydrogen-bond acceptors (Lipinski definition) is 4. The summed E-state index contributed by atoms with van der Waals surface area (Å²) in [6, 6.07) is 4.47. The number of nitrogens with zero attached hydrogens (tertiary/aromatic N) is 3. The molecular weight excluding hydrogens is 324 g/mol. The van der Waals surface area contributed by atoms with Crippen LogP contribution < -0.4 is 5.32 Å². The Bertz CT molecular complexity index is 563. The number of hydrogen-bond donors (Lipinski definition) is 1. The summed E-state index contributed by atoms with van der Waals surface area (Å²) in [5.74, 6) is 0.741. The van der Waals surface area contributed by atoms with Crippen LogP contribution >= 0.6 is 27.7 Å². The molecule has 6 heteroatoms. The fraction of sp³-hybridized carbons (Fsp3) is 0.538. The van der Waals surface area contributed by atoms with Gasteiger partial charge < -0.3 is 5.32 Å². The fourth-order valence-electron chi connectivity index (χ4n) is 2.54. The van der Waals surface area contributed by atoms with Gasteiger partial charge in [0, 0.05) is 22.0 Å². The second-order valence-corrected chi connectivity index (χ2v) is 6.99. The molecule has 4 nitrogen and oxygen atoms in total. The molecule has 3 rings (SSSR count). The smallest absolute Gasteiger partial charge is 0.243 e. The molecule has 102 valence electrons. The third-order valence-corrected chi connectivity index (χ3v) is 5.24. The Morgan fingerprint density at radius 1 is 1.32 bits per heavy atom. The first-order valence-electron chi connectivity index (χ1n) is 6.56. The SMILES string of the molecule is CSC1CCC(Nc2nc3ccc(Br)cn3n2)CC1. The normalized spacial score (nSPS) is 23.7. The minimum atomic E-state index is 0.518.